The zero-order valence-electron chi connectivity index (χ0n) is 6.96. The topological polar surface area (TPSA) is 58.6 Å². The highest BCUT2D eigenvalue weighted by Crippen LogP contribution is 1.95. The average Bonchev–Trinajstić information content (AvgIpc) is 1.87. The summed E-state index contributed by atoms with van der Waals surface area (Å²) in [6.45, 7) is 4.16. The van der Waals surface area contributed by atoms with Crippen LogP contribution >= 0.6 is 0 Å². The van der Waals surface area contributed by atoms with Gasteiger partial charge in [0.1, 0.15) is 6.10 Å². The third-order valence-corrected chi connectivity index (χ3v) is 1.16. The van der Waals surface area contributed by atoms with Crippen LogP contribution in [0.15, 0.2) is 0 Å². The van der Waals surface area contributed by atoms with Gasteiger partial charge in [0.05, 0.1) is 0 Å². The second-order valence-corrected chi connectivity index (χ2v) is 2.26. The van der Waals surface area contributed by atoms with Gasteiger partial charge in [0.15, 0.2) is 0 Å². The Morgan fingerprint density at radius 1 is 1.73 bits per heavy atom. The fourth-order valence-electron chi connectivity index (χ4n) is 0.609. The predicted molar refractivity (Wildman–Crippen MR) is 41.3 cm³/mol. The molecule has 0 aromatic carbocycles. The van der Waals surface area contributed by atoms with Crippen LogP contribution in [0.2, 0.25) is 0 Å². The van der Waals surface area contributed by atoms with Gasteiger partial charge in [-0.05, 0) is 13.8 Å². The Balaban J connectivity index is 3.40. The lowest BCUT2D eigenvalue weighted by Gasteiger charge is -2.11. The van der Waals surface area contributed by atoms with Crippen LogP contribution in [-0.2, 0) is 4.74 Å². The molecule has 0 aliphatic rings. The molecule has 66 valence electrons. The van der Waals surface area contributed by atoms with E-state index in [1.165, 1.54) is 0 Å². The molecule has 1 atom stereocenters. The lowest BCUT2D eigenvalue weighted by Crippen LogP contribution is -2.27. The van der Waals surface area contributed by atoms with E-state index in [-0.39, 0.29) is 12.7 Å². The molecule has 0 saturated carbocycles. The van der Waals surface area contributed by atoms with Crippen molar-refractivity contribution in [1.82, 2.24) is 5.32 Å². The lowest BCUT2D eigenvalue weighted by molar-refractivity contribution is 0.0907. The first-order valence-corrected chi connectivity index (χ1v) is 3.76. The molecule has 11 heavy (non-hydrogen) atoms. The van der Waals surface area contributed by atoms with Crippen molar-refractivity contribution in [3.05, 3.63) is 0 Å². The van der Waals surface area contributed by atoms with Crippen molar-refractivity contribution in [2.24, 2.45) is 0 Å². The number of aliphatic hydroxyl groups excluding tert-OH is 1. The highest BCUT2D eigenvalue weighted by molar-refractivity contribution is 5.67. The monoisotopic (exact) mass is 161 g/mol. The number of rotatable bonds is 4. The molecule has 0 aliphatic carbocycles. The SMILES string of the molecule is CCNC(=O)O[C@@H](C)CCO. The minimum atomic E-state index is -0.423. The van der Waals surface area contributed by atoms with Gasteiger partial charge in [0.25, 0.3) is 0 Å². The molecule has 0 spiro atoms. The highest BCUT2D eigenvalue weighted by atomic mass is 16.6. The molecule has 1 amide bonds. The molecule has 2 N–H and O–H groups in total. The van der Waals surface area contributed by atoms with Crippen molar-refractivity contribution in [2.45, 2.75) is 26.4 Å². The second kappa shape index (κ2) is 5.97. The van der Waals surface area contributed by atoms with Crippen molar-refractivity contribution in [1.29, 1.82) is 0 Å². The molecule has 0 unspecified atom stereocenters. The summed E-state index contributed by atoms with van der Waals surface area (Å²) in [7, 11) is 0. The first kappa shape index (κ1) is 10.2. The largest absolute Gasteiger partial charge is 0.446 e. The molecule has 0 heterocycles. The van der Waals surface area contributed by atoms with E-state index in [2.05, 4.69) is 5.32 Å². The van der Waals surface area contributed by atoms with Crippen LogP contribution in [0.1, 0.15) is 20.3 Å². The number of hydrogen-bond donors (Lipinski definition) is 2. The summed E-state index contributed by atoms with van der Waals surface area (Å²) < 4.78 is 4.82. The summed E-state index contributed by atoms with van der Waals surface area (Å²) in [6.07, 6.45) is -0.156. The standard InChI is InChI=1S/C7H15NO3/c1-3-8-7(10)11-6(2)4-5-9/h6,9H,3-5H2,1-2H3,(H,8,10)/t6-/m0/s1. The molecule has 0 saturated heterocycles. The summed E-state index contributed by atoms with van der Waals surface area (Å²) in [5.41, 5.74) is 0. The Labute approximate surface area is 66.5 Å². The third kappa shape index (κ3) is 5.66. The van der Waals surface area contributed by atoms with Crippen molar-refractivity contribution in [3.63, 3.8) is 0 Å². The van der Waals surface area contributed by atoms with Gasteiger partial charge in [-0.2, -0.15) is 0 Å². The third-order valence-electron chi connectivity index (χ3n) is 1.16. The van der Waals surface area contributed by atoms with E-state index in [9.17, 15) is 4.79 Å². The van der Waals surface area contributed by atoms with E-state index >= 15 is 0 Å². The van der Waals surface area contributed by atoms with E-state index in [4.69, 9.17) is 9.84 Å². The van der Waals surface area contributed by atoms with Gasteiger partial charge < -0.3 is 15.2 Å². The van der Waals surface area contributed by atoms with E-state index in [0.29, 0.717) is 13.0 Å². The van der Waals surface area contributed by atoms with Crippen molar-refractivity contribution in [3.8, 4) is 0 Å². The highest BCUT2D eigenvalue weighted by Gasteiger charge is 2.06. The second-order valence-electron chi connectivity index (χ2n) is 2.26. The van der Waals surface area contributed by atoms with Gasteiger partial charge in [0.2, 0.25) is 0 Å². The number of aliphatic hydroxyl groups is 1. The smallest absolute Gasteiger partial charge is 0.407 e. The molecule has 0 bridgehead atoms. The van der Waals surface area contributed by atoms with Gasteiger partial charge >= 0.3 is 6.09 Å². The van der Waals surface area contributed by atoms with E-state index in [1.807, 2.05) is 6.92 Å². The van der Waals surface area contributed by atoms with Crippen molar-refractivity contribution in [2.75, 3.05) is 13.2 Å². The van der Waals surface area contributed by atoms with Crippen LogP contribution in [-0.4, -0.2) is 30.5 Å². The Morgan fingerprint density at radius 3 is 2.82 bits per heavy atom. The molecule has 0 aromatic rings. The maximum Gasteiger partial charge on any atom is 0.407 e. The van der Waals surface area contributed by atoms with Crippen molar-refractivity contribution < 1.29 is 14.6 Å². The number of hydrogen-bond acceptors (Lipinski definition) is 3. The van der Waals surface area contributed by atoms with Crippen LogP contribution < -0.4 is 5.32 Å². The summed E-state index contributed by atoms with van der Waals surface area (Å²) in [4.78, 5) is 10.7. The molecular weight excluding hydrogens is 146 g/mol. The minimum Gasteiger partial charge on any atom is -0.446 e. The number of carbonyl (C=O) groups excluding carboxylic acids is 1. The molecule has 0 fully saturated rings. The van der Waals surface area contributed by atoms with Crippen LogP contribution in [0, 0.1) is 0 Å². The molecule has 0 rings (SSSR count). The Bertz CT molecular complexity index is 116. The number of ether oxygens (including phenoxy) is 1. The lowest BCUT2D eigenvalue weighted by atomic mass is 10.3. The summed E-state index contributed by atoms with van der Waals surface area (Å²) in [5.74, 6) is 0. The van der Waals surface area contributed by atoms with Gasteiger partial charge in [0, 0.05) is 19.6 Å². The maximum atomic E-state index is 10.7. The molecule has 0 aliphatic heterocycles. The Hall–Kier alpha value is -0.770. The molecule has 4 nitrogen and oxygen atoms in total. The van der Waals surface area contributed by atoms with E-state index in [1.54, 1.807) is 6.92 Å². The van der Waals surface area contributed by atoms with Gasteiger partial charge in [-0.15, -0.1) is 0 Å². The van der Waals surface area contributed by atoms with Gasteiger partial charge in [-0.3, -0.25) is 0 Å². The van der Waals surface area contributed by atoms with Gasteiger partial charge in [-0.1, -0.05) is 0 Å². The predicted octanol–water partition coefficient (Wildman–Crippen LogP) is 0.503. The minimum absolute atomic E-state index is 0.0422. The van der Waals surface area contributed by atoms with Crippen molar-refractivity contribution >= 4 is 6.09 Å². The number of amides is 1. The number of alkyl carbamates (subject to hydrolysis) is 1. The first-order chi connectivity index (χ1) is 5.20. The molecule has 4 heteroatoms. The summed E-state index contributed by atoms with van der Waals surface area (Å²) >= 11 is 0. The normalized spacial score (nSPS) is 12.3. The van der Waals surface area contributed by atoms with E-state index < -0.39 is 6.09 Å². The molecule has 0 radical (unpaired) electrons. The quantitative estimate of drug-likeness (QED) is 0.631. The van der Waals surface area contributed by atoms with Crippen LogP contribution in [0.3, 0.4) is 0 Å². The van der Waals surface area contributed by atoms with Crippen LogP contribution in [0.5, 0.6) is 0 Å². The van der Waals surface area contributed by atoms with Gasteiger partial charge in [-0.25, -0.2) is 4.79 Å². The van der Waals surface area contributed by atoms with Crippen LogP contribution in [0.25, 0.3) is 0 Å². The number of carbonyl (C=O) groups is 1. The Kier molecular flexibility index (Phi) is 5.56. The number of nitrogens with one attached hydrogen (secondary N) is 1. The van der Waals surface area contributed by atoms with E-state index in [0.717, 1.165) is 0 Å². The zero-order valence-corrected chi connectivity index (χ0v) is 6.96. The molecular formula is C7H15NO3. The first-order valence-electron chi connectivity index (χ1n) is 3.76. The Morgan fingerprint density at radius 2 is 2.36 bits per heavy atom. The summed E-state index contributed by atoms with van der Waals surface area (Å²) in [5, 5.41) is 11.0. The van der Waals surface area contributed by atoms with Crippen LogP contribution in [0.4, 0.5) is 4.79 Å². The average molecular weight is 161 g/mol. The molecule has 0 aromatic heterocycles. The fraction of sp³-hybridized carbons (Fsp3) is 0.857. The maximum absolute atomic E-state index is 10.7. The fourth-order valence-corrected chi connectivity index (χ4v) is 0.609. The summed E-state index contributed by atoms with van der Waals surface area (Å²) in [6, 6.07) is 0. The zero-order chi connectivity index (χ0) is 8.69.